The molecular formula is C25H33N4O3+. The zero-order valence-electron chi connectivity index (χ0n) is 18.6. The van der Waals surface area contributed by atoms with Gasteiger partial charge in [-0.3, -0.25) is 19.3 Å². The van der Waals surface area contributed by atoms with Crippen molar-refractivity contribution < 1.29 is 10.0 Å². The van der Waals surface area contributed by atoms with E-state index in [0.29, 0.717) is 13.0 Å². The van der Waals surface area contributed by atoms with E-state index in [4.69, 9.17) is 0 Å². The normalized spacial score (nSPS) is 21.6. The number of likely N-dealkylation sites (tertiary alicyclic amines) is 1. The number of benzene rings is 1. The molecule has 4 rings (SSSR count). The molecule has 2 aromatic rings. The molecular weight excluding hydrogens is 404 g/mol. The summed E-state index contributed by atoms with van der Waals surface area (Å²) in [6.07, 6.45) is 10.8. The number of nitrogens with one attached hydrogen (secondary N) is 2. The minimum absolute atomic E-state index is 0.0706. The van der Waals surface area contributed by atoms with Crippen LogP contribution in [0.4, 0.5) is 0 Å². The second-order valence-electron chi connectivity index (χ2n) is 8.93. The molecule has 1 aliphatic carbocycles. The quantitative estimate of drug-likeness (QED) is 0.456. The van der Waals surface area contributed by atoms with Gasteiger partial charge in [-0.05, 0) is 32.1 Å². The van der Waals surface area contributed by atoms with Crippen molar-refractivity contribution >= 4 is 6.21 Å². The van der Waals surface area contributed by atoms with E-state index < -0.39 is 11.2 Å². The van der Waals surface area contributed by atoms with Crippen LogP contribution >= 0.6 is 0 Å². The molecule has 0 spiro atoms. The van der Waals surface area contributed by atoms with Crippen LogP contribution < -0.4 is 16.1 Å². The second kappa shape index (κ2) is 10.6. The van der Waals surface area contributed by atoms with Gasteiger partial charge in [0.25, 0.3) is 5.56 Å². The van der Waals surface area contributed by atoms with Crippen molar-refractivity contribution in [2.75, 3.05) is 13.1 Å². The first-order chi connectivity index (χ1) is 15.6. The van der Waals surface area contributed by atoms with Crippen LogP contribution in [0.25, 0.3) is 0 Å². The van der Waals surface area contributed by atoms with E-state index in [1.54, 1.807) is 0 Å². The molecule has 1 aromatic carbocycles. The minimum Gasteiger partial charge on any atom is -0.494 e. The standard InChI is InChI=1S/C25H32N4O3/c30-23-22(24(31)29(25(32)27-23)16-11-19-7-3-1-4-8-19)17-26-21-12-14-28(15-13-21)18-20-9-5-2-6-10-20/h2,5-7,9-10,17,21,31H,1,3-4,8,11-16,18H2,(H,27,30,32)/p+1. The lowest BCUT2D eigenvalue weighted by atomic mass is 9.97. The number of aromatic nitrogens is 2. The van der Waals surface area contributed by atoms with Gasteiger partial charge in [0.05, 0.1) is 19.1 Å². The molecule has 1 saturated heterocycles. The molecule has 1 aromatic heterocycles. The maximum Gasteiger partial charge on any atom is 0.331 e. The largest absolute Gasteiger partial charge is 0.494 e. The molecule has 3 N–H and O–H groups in total. The van der Waals surface area contributed by atoms with Gasteiger partial charge in [-0.1, -0.05) is 42.0 Å². The fraction of sp³-hybridized carbons (Fsp3) is 0.480. The molecule has 0 amide bonds. The highest BCUT2D eigenvalue weighted by molar-refractivity contribution is 5.82. The third kappa shape index (κ3) is 5.65. The summed E-state index contributed by atoms with van der Waals surface area (Å²) in [5, 5.41) is 10.6. The molecule has 170 valence electrons. The van der Waals surface area contributed by atoms with Gasteiger partial charge in [0.1, 0.15) is 12.1 Å². The number of quaternary nitrogens is 1. The Labute approximate surface area is 188 Å². The Kier molecular flexibility index (Phi) is 7.37. The topological polar surface area (TPSA) is 91.9 Å². The Bertz CT molecular complexity index is 1080. The van der Waals surface area contributed by atoms with E-state index in [-0.39, 0.29) is 17.5 Å². The van der Waals surface area contributed by atoms with Gasteiger partial charge < -0.3 is 10.0 Å². The number of nitrogens with zero attached hydrogens (tertiary/aromatic N) is 2. The van der Waals surface area contributed by atoms with Crippen LogP contribution in [-0.4, -0.2) is 40.0 Å². The molecule has 32 heavy (non-hydrogen) atoms. The summed E-state index contributed by atoms with van der Waals surface area (Å²) in [6.45, 7) is 3.41. The van der Waals surface area contributed by atoms with E-state index in [1.807, 2.05) is 6.07 Å². The number of H-pyrrole nitrogens is 1. The zero-order chi connectivity index (χ0) is 22.3. The smallest absolute Gasteiger partial charge is 0.331 e. The van der Waals surface area contributed by atoms with Crippen molar-refractivity contribution in [3.63, 3.8) is 0 Å². The van der Waals surface area contributed by atoms with E-state index >= 15 is 0 Å². The van der Waals surface area contributed by atoms with Gasteiger partial charge in [-0.25, -0.2) is 4.79 Å². The van der Waals surface area contributed by atoms with Gasteiger partial charge in [0, 0.05) is 31.2 Å². The van der Waals surface area contributed by atoms with E-state index in [0.717, 1.165) is 45.3 Å². The highest BCUT2D eigenvalue weighted by Gasteiger charge is 2.22. The zero-order valence-corrected chi connectivity index (χ0v) is 18.6. The number of piperidine rings is 1. The molecule has 2 heterocycles. The van der Waals surface area contributed by atoms with Crippen molar-refractivity contribution in [1.82, 2.24) is 9.55 Å². The maximum absolute atomic E-state index is 12.3. The number of rotatable bonds is 7. The van der Waals surface area contributed by atoms with E-state index in [1.165, 1.54) is 39.7 Å². The number of aromatic amines is 1. The first kappa shape index (κ1) is 22.3. The highest BCUT2D eigenvalue weighted by atomic mass is 16.3. The SMILES string of the molecule is O=c1[nH]c(=O)n(CCC2=CCCCC2)c(O)c1C=NC1CC[NH+](Cc2ccccc2)CC1. The van der Waals surface area contributed by atoms with Crippen LogP contribution in [0.3, 0.4) is 0 Å². The van der Waals surface area contributed by atoms with Crippen LogP contribution in [0.2, 0.25) is 0 Å². The molecule has 0 saturated carbocycles. The Morgan fingerprint density at radius 2 is 1.94 bits per heavy atom. The van der Waals surface area contributed by atoms with Gasteiger partial charge in [-0.2, -0.15) is 0 Å². The Morgan fingerprint density at radius 3 is 2.66 bits per heavy atom. The van der Waals surface area contributed by atoms with E-state index in [2.05, 4.69) is 40.3 Å². The number of aromatic hydroxyl groups is 1. The molecule has 2 aliphatic rings. The lowest BCUT2D eigenvalue weighted by molar-refractivity contribution is -0.918. The van der Waals surface area contributed by atoms with Crippen molar-refractivity contribution in [2.24, 2.45) is 4.99 Å². The molecule has 1 aliphatic heterocycles. The predicted molar refractivity (Wildman–Crippen MR) is 126 cm³/mol. The summed E-state index contributed by atoms with van der Waals surface area (Å²) in [6, 6.07) is 10.6. The van der Waals surface area contributed by atoms with Crippen LogP contribution in [0.15, 0.2) is 56.6 Å². The number of hydrogen-bond acceptors (Lipinski definition) is 4. The molecule has 0 radical (unpaired) electrons. The molecule has 0 atom stereocenters. The number of hydrogen-bond donors (Lipinski definition) is 3. The lowest BCUT2D eigenvalue weighted by Crippen LogP contribution is -3.12. The molecule has 0 unspecified atom stereocenters. The van der Waals surface area contributed by atoms with Crippen molar-refractivity contribution in [1.29, 1.82) is 0 Å². The van der Waals surface area contributed by atoms with Crippen LogP contribution in [0.5, 0.6) is 5.88 Å². The third-order valence-corrected chi connectivity index (χ3v) is 6.62. The summed E-state index contributed by atoms with van der Waals surface area (Å²) in [5.74, 6) is -0.286. The van der Waals surface area contributed by atoms with Crippen LogP contribution in [0.1, 0.15) is 56.1 Å². The number of aliphatic imine (C=N–C) groups is 1. The van der Waals surface area contributed by atoms with Crippen LogP contribution in [-0.2, 0) is 13.1 Å². The molecule has 0 bridgehead atoms. The van der Waals surface area contributed by atoms with Gasteiger partial charge in [0.2, 0.25) is 5.88 Å². The summed E-state index contributed by atoms with van der Waals surface area (Å²) >= 11 is 0. The van der Waals surface area contributed by atoms with Gasteiger partial charge in [-0.15, -0.1) is 0 Å². The predicted octanol–water partition coefficient (Wildman–Crippen LogP) is 1.80. The monoisotopic (exact) mass is 437 g/mol. The molecule has 7 heteroatoms. The molecule has 7 nitrogen and oxygen atoms in total. The first-order valence-corrected chi connectivity index (χ1v) is 11.7. The Morgan fingerprint density at radius 1 is 1.16 bits per heavy atom. The van der Waals surface area contributed by atoms with Gasteiger partial charge in [0.15, 0.2) is 0 Å². The summed E-state index contributed by atoms with van der Waals surface area (Å²) in [7, 11) is 0. The Balaban J connectivity index is 1.38. The summed E-state index contributed by atoms with van der Waals surface area (Å²) < 4.78 is 1.25. The molecule has 1 fully saturated rings. The highest BCUT2D eigenvalue weighted by Crippen LogP contribution is 2.21. The second-order valence-corrected chi connectivity index (χ2v) is 8.93. The number of allylic oxidation sites excluding steroid dienone is 2. The lowest BCUT2D eigenvalue weighted by Gasteiger charge is -2.27. The van der Waals surface area contributed by atoms with Crippen LogP contribution in [0, 0.1) is 0 Å². The summed E-state index contributed by atoms with van der Waals surface area (Å²) in [4.78, 5) is 33.0. The first-order valence-electron chi connectivity index (χ1n) is 11.7. The van der Waals surface area contributed by atoms with Crippen molar-refractivity contribution in [3.05, 3.63) is 73.9 Å². The fourth-order valence-corrected chi connectivity index (χ4v) is 4.69. The fourth-order valence-electron chi connectivity index (χ4n) is 4.69. The van der Waals surface area contributed by atoms with Crippen molar-refractivity contribution in [2.45, 2.75) is 64.1 Å². The minimum atomic E-state index is -0.587. The van der Waals surface area contributed by atoms with Crippen molar-refractivity contribution in [3.8, 4) is 5.88 Å². The Hall–Kier alpha value is -2.93. The van der Waals surface area contributed by atoms with Gasteiger partial charge >= 0.3 is 5.69 Å². The average molecular weight is 438 g/mol. The average Bonchev–Trinajstić information content (AvgIpc) is 2.81. The summed E-state index contributed by atoms with van der Waals surface area (Å²) in [5.41, 5.74) is 1.57. The third-order valence-electron chi connectivity index (χ3n) is 6.62. The van der Waals surface area contributed by atoms with E-state index in [9.17, 15) is 14.7 Å². The maximum atomic E-state index is 12.3.